The van der Waals surface area contributed by atoms with Gasteiger partial charge in [0.05, 0.1) is 12.8 Å². The molecule has 0 bridgehead atoms. The zero-order chi connectivity index (χ0) is 16.5. The molecule has 0 radical (unpaired) electrons. The zero-order valence-corrected chi connectivity index (χ0v) is 14.2. The molecular weight excluding hydrogens is 310 g/mol. The number of amides is 1. The highest BCUT2D eigenvalue weighted by Crippen LogP contribution is 2.21. The molecule has 23 heavy (non-hydrogen) atoms. The molecule has 2 aromatic rings. The van der Waals surface area contributed by atoms with E-state index in [-0.39, 0.29) is 5.91 Å². The van der Waals surface area contributed by atoms with Crippen molar-refractivity contribution in [2.24, 2.45) is 0 Å². The molecule has 124 valence electrons. The van der Waals surface area contributed by atoms with Crippen LogP contribution in [0.15, 0.2) is 30.3 Å². The van der Waals surface area contributed by atoms with Crippen molar-refractivity contribution in [3.63, 3.8) is 0 Å². The number of nitrogens with zero attached hydrogens (tertiary/aromatic N) is 1. The average molecular weight is 333 g/mol. The second kappa shape index (κ2) is 9.25. The van der Waals surface area contributed by atoms with Gasteiger partial charge in [-0.05, 0) is 48.9 Å². The fourth-order valence-electron chi connectivity index (χ4n) is 2.24. The number of H-pyrrole nitrogens is 1. The number of unbranched alkanes of at least 4 members (excludes halogenated alkanes) is 3. The molecule has 1 heterocycles. The molecule has 0 saturated heterocycles. The van der Waals surface area contributed by atoms with E-state index in [2.05, 4.69) is 28.1 Å². The maximum Gasteiger partial charge on any atom is 0.269 e. The van der Waals surface area contributed by atoms with Crippen LogP contribution in [0.3, 0.4) is 0 Å². The summed E-state index contributed by atoms with van der Waals surface area (Å²) in [6.45, 7) is 0.683. The third-order valence-electron chi connectivity index (χ3n) is 3.58. The highest BCUT2D eigenvalue weighted by atomic mass is 32.1. The third-order valence-corrected chi connectivity index (χ3v) is 3.89. The number of hydrogen-bond donors (Lipinski definition) is 3. The first-order valence-electron chi connectivity index (χ1n) is 7.83. The second-order valence-electron chi connectivity index (χ2n) is 5.29. The molecule has 0 atom stereocenters. The van der Waals surface area contributed by atoms with Crippen LogP contribution in [0.5, 0.6) is 5.75 Å². The van der Waals surface area contributed by atoms with E-state index in [4.69, 9.17) is 4.74 Å². The maximum atomic E-state index is 12.1. The number of rotatable bonds is 9. The summed E-state index contributed by atoms with van der Waals surface area (Å²) in [6, 6.07) is 9.33. The van der Waals surface area contributed by atoms with Gasteiger partial charge in [-0.25, -0.2) is 0 Å². The van der Waals surface area contributed by atoms with Crippen LogP contribution in [-0.4, -0.2) is 35.5 Å². The number of nitrogens with one attached hydrogen (secondary N) is 2. The standard InChI is InChI=1S/C17H23N3O2S/c1-22-14-8-6-13(7-9-14)15-12-16(20-19-15)17(21)18-10-4-2-3-5-11-23/h6-9,12,23H,2-5,10-11H2,1H3,(H,18,21)(H,19,20). The summed E-state index contributed by atoms with van der Waals surface area (Å²) in [6.07, 6.45) is 4.38. The third kappa shape index (κ3) is 5.32. The molecule has 2 N–H and O–H groups in total. The van der Waals surface area contributed by atoms with Crippen LogP contribution >= 0.6 is 12.6 Å². The Bertz CT molecular complexity index is 611. The molecule has 1 amide bonds. The summed E-state index contributed by atoms with van der Waals surface area (Å²) in [5.74, 6) is 1.60. The number of carbonyl (C=O) groups is 1. The number of aromatic nitrogens is 2. The first-order chi connectivity index (χ1) is 11.2. The van der Waals surface area contributed by atoms with Crippen molar-refractivity contribution in [3.05, 3.63) is 36.0 Å². The van der Waals surface area contributed by atoms with Gasteiger partial charge in [-0.3, -0.25) is 9.89 Å². The summed E-state index contributed by atoms with van der Waals surface area (Å²) >= 11 is 4.18. The van der Waals surface area contributed by atoms with Gasteiger partial charge in [0.25, 0.3) is 5.91 Å². The van der Waals surface area contributed by atoms with Crippen LogP contribution < -0.4 is 10.1 Å². The summed E-state index contributed by atoms with van der Waals surface area (Å²) in [4.78, 5) is 12.1. The van der Waals surface area contributed by atoms with Gasteiger partial charge in [-0.1, -0.05) is 12.8 Å². The zero-order valence-electron chi connectivity index (χ0n) is 13.3. The van der Waals surface area contributed by atoms with Crippen molar-refractivity contribution in [3.8, 4) is 17.0 Å². The summed E-state index contributed by atoms with van der Waals surface area (Å²) in [5.41, 5.74) is 2.16. The first-order valence-corrected chi connectivity index (χ1v) is 8.46. The maximum absolute atomic E-state index is 12.1. The highest BCUT2D eigenvalue weighted by molar-refractivity contribution is 7.80. The number of aromatic amines is 1. The average Bonchev–Trinajstić information content (AvgIpc) is 3.08. The number of ether oxygens (including phenoxy) is 1. The smallest absolute Gasteiger partial charge is 0.269 e. The lowest BCUT2D eigenvalue weighted by Crippen LogP contribution is -2.24. The predicted octanol–water partition coefficient (Wildman–Crippen LogP) is 3.31. The van der Waals surface area contributed by atoms with Gasteiger partial charge in [0, 0.05) is 12.1 Å². The van der Waals surface area contributed by atoms with Gasteiger partial charge < -0.3 is 10.1 Å². The second-order valence-corrected chi connectivity index (χ2v) is 5.74. The fraction of sp³-hybridized carbons (Fsp3) is 0.412. The Morgan fingerprint density at radius 1 is 1.22 bits per heavy atom. The van der Waals surface area contributed by atoms with E-state index in [9.17, 15) is 4.79 Å². The molecular formula is C17H23N3O2S. The number of benzene rings is 1. The first kappa shape index (κ1) is 17.4. The molecule has 0 aliphatic heterocycles. The van der Waals surface area contributed by atoms with E-state index in [1.54, 1.807) is 13.2 Å². The number of hydrogen-bond acceptors (Lipinski definition) is 4. The van der Waals surface area contributed by atoms with Crippen molar-refractivity contribution in [2.75, 3.05) is 19.4 Å². The number of methoxy groups -OCH3 is 1. The summed E-state index contributed by atoms with van der Waals surface area (Å²) < 4.78 is 5.13. The van der Waals surface area contributed by atoms with Gasteiger partial charge in [-0.15, -0.1) is 0 Å². The summed E-state index contributed by atoms with van der Waals surface area (Å²) in [5, 5.41) is 9.90. The van der Waals surface area contributed by atoms with Crippen LogP contribution in [0.2, 0.25) is 0 Å². The number of carbonyl (C=O) groups excluding carboxylic acids is 1. The predicted molar refractivity (Wildman–Crippen MR) is 95.2 cm³/mol. The molecule has 5 nitrogen and oxygen atoms in total. The van der Waals surface area contributed by atoms with Crippen LogP contribution in [0.1, 0.15) is 36.2 Å². The van der Waals surface area contributed by atoms with Gasteiger partial charge in [0.1, 0.15) is 11.4 Å². The lowest BCUT2D eigenvalue weighted by Gasteiger charge is -2.03. The largest absolute Gasteiger partial charge is 0.497 e. The van der Waals surface area contributed by atoms with E-state index < -0.39 is 0 Å². The van der Waals surface area contributed by atoms with E-state index >= 15 is 0 Å². The minimum atomic E-state index is -0.119. The van der Waals surface area contributed by atoms with Crippen LogP contribution in [0.4, 0.5) is 0 Å². The van der Waals surface area contributed by atoms with Crippen molar-refractivity contribution in [1.29, 1.82) is 0 Å². The molecule has 0 saturated carbocycles. The van der Waals surface area contributed by atoms with Crippen molar-refractivity contribution in [1.82, 2.24) is 15.5 Å². The molecule has 0 aliphatic rings. The molecule has 0 aliphatic carbocycles. The highest BCUT2D eigenvalue weighted by Gasteiger charge is 2.10. The quantitative estimate of drug-likeness (QED) is 0.487. The van der Waals surface area contributed by atoms with Gasteiger partial charge in [0.2, 0.25) is 0 Å². The Labute approximate surface area is 142 Å². The van der Waals surface area contributed by atoms with E-state index in [1.807, 2.05) is 24.3 Å². The van der Waals surface area contributed by atoms with Crippen LogP contribution in [0.25, 0.3) is 11.3 Å². The lowest BCUT2D eigenvalue weighted by atomic mass is 10.1. The minimum absolute atomic E-state index is 0.119. The summed E-state index contributed by atoms with van der Waals surface area (Å²) in [7, 11) is 1.63. The van der Waals surface area contributed by atoms with Gasteiger partial charge >= 0.3 is 0 Å². The van der Waals surface area contributed by atoms with Crippen molar-refractivity contribution in [2.45, 2.75) is 25.7 Å². The SMILES string of the molecule is COc1ccc(-c2cc(C(=O)NCCCCCCS)[nH]n2)cc1. The van der Waals surface area contributed by atoms with Crippen LogP contribution in [-0.2, 0) is 0 Å². The lowest BCUT2D eigenvalue weighted by molar-refractivity contribution is 0.0948. The van der Waals surface area contributed by atoms with Crippen molar-refractivity contribution < 1.29 is 9.53 Å². The Kier molecular flexibility index (Phi) is 7.00. The van der Waals surface area contributed by atoms with Gasteiger partial charge in [0.15, 0.2) is 0 Å². The molecule has 0 unspecified atom stereocenters. The topological polar surface area (TPSA) is 67.0 Å². The molecule has 0 spiro atoms. The van der Waals surface area contributed by atoms with E-state index in [1.165, 1.54) is 0 Å². The minimum Gasteiger partial charge on any atom is -0.497 e. The Hall–Kier alpha value is -1.95. The van der Waals surface area contributed by atoms with Crippen molar-refractivity contribution >= 4 is 18.5 Å². The van der Waals surface area contributed by atoms with Crippen LogP contribution in [0, 0.1) is 0 Å². The fourth-order valence-corrected chi connectivity index (χ4v) is 2.46. The number of thiol groups is 1. The normalized spacial score (nSPS) is 10.5. The molecule has 2 rings (SSSR count). The van der Waals surface area contributed by atoms with E-state index in [0.29, 0.717) is 12.2 Å². The monoisotopic (exact) mass is 333 g/mol. The Morgan fingerprint density at radius 3 is 2.65 bits per heavy atom. The Balaban J connectivity index is 1.84. The van der Waals surface area contributed by atoms with Gasteiger partial charge in [-0.2, -0.15) is 17.7 Å². The molecule has 1 aromatic carbocycles. The molecule has 6 heteroatoms. The van der Waals surface area contributed by atoms with E-state index in [0.717, 1.165) is 48.4 Å². The molecule has 1 aromatic heterocycles. The Morgan fingerprint density at radius 2 is 1.96 bits per heavy atom. The molecule has 0 fully saturated rings.